The lowest BCUT2D eigenvalue weighted by molar-refractivity contribution is 0.101. The average Bonchev–Trinajstić information content (AvgIpc) is 2.96. The standard InChI is InChI=1S/C13H20N2OS/c1-4-13(5-2)6-7-15(9-13)12-14-11(8-17-12)10(3)16/h8H,4-7,9H2,1-3H3. The number of carbonyl (C=O) groups is 1. The highest BCUT2D eigenvalue weighted by atomic mass is 32.1. The molecule has 0 spiro atoms. The van der Waals surface area contributed by atoms with E-state index in [4.69, 9.17) is 0 Å². The zero-order valence-corrected chi connectivity index (χ0v) is 11.6. The number of carbonyl (C=O) groups excluding carboxylic acids is 1. The predicted octanol–water partition coefficient (Wildman–Crippen LogP) is 3.36. The van der Waals surface area contributed by atoms with Crippen LogP contribution in [0.2, 0.25) is 0 Å². The Bertz CT molecular complexity index is 409. The fourth-order valence-corrected chi connectivity index (χ4v) is 3.39. The Labute approximate surface area is 107 Å². The predicted molar refractivity (Wildman–Crippen MR) is 72.0 cm³/mol. The molecule has 4 heteroatoms. The molecule has 0 amide bonds. The third-order valence-electron chi connectivity index (χ3n) is 4.06. The minimum Gasteiger partial charge on any atom is -0.348 e. The summed E-state index contributed by atoms with van der Waals surface area (Å²) in [5.74, 6) is 0.0592. The topological polar surface area (TPSA) is 33.2 Å². The Morgan fingerprint density at radius 2 is 2.24 bits per heavy atom. The molecular weight excluding hydrogens is 232 g/mol. The summed E-state index contributed by atoms with van der Waals surface area (Å²) in [6, 6.07) is 0. The molecule has 1 fully saturated rings. The minimum atomic E-state index is 0.0592. The molecule has 1 saturated heterocycles. The van der Waals surface area contributed by atoms with Crippen molar-refractivity contribution in [3.63, 3.8) is 0 Å². The van der Waals surface area contributed by atoms with Crippen molar-refractivity contribution in [3.8, 4) is 0 Å². The normalized spacial score (nSPS) is 18.6. The van der Waals surface area contributed by atoms with Crippen LogP contribution in [0.1, 0.15) is 50.5 Å². The van der Waals surface area contributed by atoms with Crippen molar-refractivity contribution >= 4 is 22.3 Å². The van der Waals surface area contributed by atoms with Gasteiger partial charge in [-0.1, -0.05) is 13.8 Å². The fourth-order valence-electron chi connectivity index (χ4n) is 2.50. The maximum atomic E-state index is 11.2. The number of hydrogen-bond donors (Lipinski definition) is 0. The van der Waals surface area contributed by atoms with Gasteiger partial charge < -0.3 is 4.90 Å². The first-order valence-electron chi connectivity index (χ1n) is 6.31. The van der Waals surface area contributed by atoms with Crippen LogP contribution >= 0.6 is 11.3 Å². The monoisotopic (exact) mass is 252 g/mol. The molecule has 1 aliphatic heterocycles. The van der Waals surface area contributed by atoms with Crippen molar-refractivity contribution in [2.45, 2.75) is 40.0 Å². The average molecular weight is 252 g/mol. The highest BCUT2D eigenvalue weighted by Gasteiger charge is 2.35. The molecule has 0 aliphatic carbocycles. The van der Waals surface area contributed by atoms with Crippen LogP contribution in [0.25, 0.3) is 0 Å². The van der Waals surface area contributed by atoms with Crippen molar-refractivity contribution in [2.24, 2.45) is 5.41 Å². The number of hydrogen-bond acceptors (Lipinski definition) is 4. The Kier molecular flexibility index (Phi) is 3.52. The van der Waals surface area contributed by atoms with Gasteiger partial charge in [-0.2, -0.15) is 0 Å². The van der Waals surface area contributed by atoms with Gasteiger partial charge in [0.15, 0.2) is 10.9 Å². The van der Waals surface area contributed by atoms with Gasteiger partial charge in [-0.25, -0.2) is 4.98 Å². The maximum Gasteiger partial charge on any atom is 0.185 e. The second-order valence-electron chi connectivity index (χ2n) is 4.95. The number of thiazole rings is 1. The summed E-state index contributed by atoms with van der Waals surface area (Å²) >= 11 is 1.59. The van der Waals surface area contributed by atoms with E-state index in [1.807, 2.05) is 5.38 Å². The molecule has 94 valence electrons. The van der Waals surface area contributed by atoms with E-state index in [0.29, 0.717) is 11.1 Å². The maximum absolute atomic E-state index is 11.2. The second-order valence-corrected chi connectivity index (χ2v) is 5.79. The van der Waals surface area contributed by atoms with E-state index in [9.17, 15) is 4.79 Å². The molecule has 17 heavy (non-hydrogen) atoms. The summed E-state index contributed by atoms with van der Waals surface area (Å²) in [7, 11) is 0. The van der Waals surface area contributed by atoms with E-state index in [-0.39, 0.29) is 5.78 Å². The van der Waals surface area contributed by atoms with Crippen molar-refractivity contribution in [1.29, 1.82) is 0 Å². The van der Waals surface area contributed by atoms with Gasteiger partial charge in [-0.05, 0) is 24.7 Å². The Morgan fingerprint density at radius 1 is 1.53 bits per heavy atom. The van der Waals surface area contributed by atoms with Crippen molar-refractivity contribution in [2.75, 3.05) is 18.0 Å². The summed E-state index contributed by atoms with van der Waals surface area (Å²) in [4.78, 5) is 18.0. The van der Waals surface area contributed by atoms with Crippen LogP contribution in [-0.4, -0.2) is 23.9 Å². The smallest absolute Gasteiger partial charge is 0.185 e. The minimum absolute atomic E-state index is 0.0592. The number of nitrogens with zero attached hydrogens (tertiary/aromatic N) is 2. The van der Waals surface area contributed by atoms with Crippen LogP contribution in [0.3, 0.4) is 0 Å². The Hall–Kier alpha value is -0.900. The lowest BCUT2D eigenvalue weighted by Gasteiger charge is -2.26. The number of Topliss-reactive ketones (excluding diaryl/α,β-unsaturated/α-hetero) is 1. The fraction of sp³-hybridized carbons (Fsp3) is 0.692. The Balaban J connectivity index is 2.12. The summed E-state index contributed by atoms with van der Waals surface area (Å²) in [5.41, 5.74) is 1.07. The first kappa shape index (κ1) is 12.6. The van der Waals surface area contributed by atoms with E-state index in [1.165, 1.54) is 19.3 Å². The highest BCUT2D eigenvalue weighted by molar-refractivity contribution is 7.13. The molecular formula is C13H20N2OS. The third kappa shape index (κ3) is 2.37. The van der Waals surface area contributed by atoms with Crippen LogP contribution in [0.15, 0.2) is 5.38 Å². The summed E-state index contributed by atoms with van der Waals surface area (Å²) < 4.78 is 0. The number of ketones is 1. The first-order valence-corrected chi connectivity index (χ1v) is 7.19. The lowest BCUT2D eigenvalue weighted by Crippen LogP contribution is -2.26. The molecule has 0 radical (unpaired) electrons. The molecule has 2 heterocycles. The number of anilines is 1. The van der Waals surface area contributed by atoms with E-state index < -0.39 is 0 Å². The van der Waals surface area contributed by atoms with E-state index in [0.717, 1.165) is 18.2 Å². The molecule has 1 aliphatic rings. The summed E-state index contributed by atoms with van der Waals surface area (Å²) in [6.45, 7) is 8.29. The highest BCUT2D eigenvalue weighted by Crippen LogP contribution is 2.39. The van der Waals surface area contributed by atoms with Crippen molar-refractivity contribution in [1.82, 2.24) is 4.98 Å². The lowest BCUT2D eigenvalue weighted by atomic mass is 9.82. The van der Waals surface area contributed by atoms with Gasteiger partial charge in [0.05, 0.1) is 0 Å². The quantitative estimate of drug-likeness (QED) is 0.770. The molecule has 0 unspecified atom stereocenters. The summed E-state index contributed by atoms with van der Waals surface area (Å²) in [6.07, 6.45) is 3.70. The first-order chi connectivity index (χ1) is 8.10. The van der Waals surface area contributed by atoms with Crippen LogP contribution in [-0.2, 0) is 0 Å². The molecule has 2 rings (SSSR count). The molecule has 0 N–H and O–H groups in total. The van der Waals surface area contributed by atoms with Crippen LogP contribution in [0.5, 0.6) is 0 Å². The van der Waals surface area contributed by atoms with Crippen LogP contribution in [0.4, 0.5) is 5.13 Å². The van der Waals surface area contributed by atoms with Gasteiger partial charge in [0.1, 0.15) is 5.69 Å². The second kappa shape index (κ2) is 4.77. The van der Waals surface area contributed by atoms with Gasteiger partial charge in [-0.3, -0.25) is 4.79 Å². The van der Waals surface area contributed by atoms with E-state index >= 15 is 0 Å². The number of aromatic nitrogens is 1. The Morgan fingerprint density at radius 3 is 2.71 bits per heavy atom. The number of rotatable bonds is 4. The van der Waals surface area contributed by atoms with Gasteiger partial charge in [0.2, 0.25) is 0 Å². The van der Waals surface area contributed by atoms with Gasteiger partial charge in [-0.15, -0.1) is 11.3 Å². The molecule has 0 bridgehead atoms. The van der Waals surface area contributed by atoms with Crippen molar-refractivity contribution in [3.05, 3.63) is 11.1 Å². The zero-order valence-electron chi connectivity index (χ0n) is 10.8. The molecule has 1 aromatic rings. The SMILES string of the molecule is CCC1(CC)CCN(c2nc(C(C)=O)cs2)C1. The zero-order chi connectivity index (χ0) is 12.5. The molecule has 0 saturated carbocycles. The largest absolute Gasteiger partial charge is 0.348 e. The molecule has 1 aromatic heterocycles. The summed E-state index contributed by atoms with van der Waals surface area (Å²) in [5, 5.41) is 2.88. The van der Waals surface area contributed by atoms with Gasteiger partial charge >= 0.3 is 0 Å². The molecule has 0 aromatic carbocycles. The van der Waals surface area contributed by atoms with Gasteiger partial charge in [0, 0.05) is 25.4 Å². The third-order valence-corrected chi connectivity index (χ3v) is 4.96. The molecule has 0 atom stereocenters. The van der Waals surface area contributed by atoms with E-state index in [1.54, 1.807) is 18.3 Å². The van der Waals surface area contributed by atoms with Crippen molar-refractivity contribution < 1.29 is 4.79 Å². The van der Waals surface area contributed by atoms with E-state index in [2.05, 4.69) is 23.7 Å². The van der Waals surface area contributed by atoms with Crippen LogP contribution < -0.4 is 4.90 Å². The molecule has 3 nitrogen and oxygen atoms in total. The van der Waals surface area contributed by atoms with Crippen LogP contribution in [0, 0.1) is 5.41 Å². The van der Waals surface area contributed by atoms with Gasteiger partial charge in [0.25, 0.3) is 0 Å².